The number of rotatable bonds is 7. The maximum Gasteiger partial charge on any atom is 0.316 e. The lowest BCUT2D eigenvalue weighted by Gasteiger charge is -2.05. The Labute approximate surface area is 167 Å². The van der Waals surface area contributed by atoms with E-state index < -0.39 is 11.2 Å². The summed E-state index contributed by atoms with van der Waals surface area (Å²) < 4.78 is 10.5. The third-order valence-corrected chi connectivity index (χ3v) is 5.57. The standard InChI is InChI=1S/C20H19NO4S2/c1-24-14-7-3-12(4-8-14)18-19(13-5-9-15(25-2)10-6-13)27-17(21-18)11-16(26)20(22)23/h3-10,16,26H,11H2,1-2H3,(H,22,23). The minimum atomic E-state index is -0.953. The van der Waals surface area contributed by atoms with Crippen LogP contribution < -0.4 is 9.47 Å². The number of thiol groups is 1. The van der Waals surface area contributed by atoms with E-state index in [0.717, 1.165) is 38.2 Å². The molecule has 27 heavy (non-hydrogen) atoms. The van der Waals surface area contributed by atoms with E-state index in [2.05, 4.69) is 12.6 Å². The van der Waals surface area contributed by atoms with Crippen LogP contribution in [-0.2, 0) is 11.2 Å². The molecule has 0 bridgehead atoms. The van der Waals surface area contributed by atoms with Gasteiger partial charge in [0.2, 0.25) is 0 Å². The summed E-state index contributed by atoms with van der Waals surface area (Å²) >= 11 is 5.62. The fraction of sp³-hybridized carbons (Fsp3) is 0.200. The number of carbonyl (C=O) groups is 1. The lowest BCUT2D eigenvalue weighted by atomic mass is 10.1. The summed E-state index contributed by atoms with van der Waals surface area (Å²) in [5.74, 6) is 0.586. The van der Waals surface area contributed by atoms with Gasteiger partial charge in [-0.25, -0.2) is 4.98 Å². The van der Waals surface area contributed by atoms with Crippen LogP contribution in [0.4, 0.5) is 0 Å². The van der Waals surface area contributed by atoms with Crippen LogP contribution in [0.3, 0.4) is 0 Å². The largest absolute Gasteiger partial charge is 0.497 e. The number of aliphatic carboxylic acids is 1. The quantitative estimate of drug-likeness (QED) is 0.574. The van der Waals surface area contributed by atoms with Crippen LogP contribution in [0.15, 0.2) is 48.5 Å². The molecule has 0 aliphatic carbocycles. The number of ether oxygens (including phenoxy) is 2. The van der Waals surface area contributed by atoms with Crippen LogP contribution in [0.25, 0.3) is 21.7 Å². The molecule has 2 aromatic carbocycles. The van der Waals surface area contributed by atoms with Crippen LogP contribution in [-0.4, -0.2) is 35.5 Å². The van der Waals surface area contributed by atoms with Crippen molar-refractivity contribution in [1.82, 2.24) is 4.98 Å². The Balaban J connectivity index is 2.04. The molecule has 1 N–H and O–H groups in total. The molecule has 5 nitrogen and oxygen atoms in total. The van der Waals surface area contributed by atoms with Crippen LogP contribution >= 0.6 is 24.0 Å². The highest BCUT2D eigenvalue weighted by atomic mass is 32.1. The number of aromatic nitrogens is 1. The van der Waals surface area contributed by atoms with Gasteiger partial charge in [0.15, 0.2) is 0 Å². The number of hydrogen-bond acceptors (Lipinski definition) is 6. The highest BCUT2D eigenvalue weighted by molar-refractivity contribution is 7.81. The molecule has 0 aliphatic heterocycles. The molecule has 140 valence electrons. The molecule has 0 spiro atoms. The monoisotopic (exact) mass is 401 g/mol. The minimum Gasteiger partial charge on any atom is -0.497 e. The zero-order valence-corrected chi connectivity index (χ0v) is 16.6. The number of nitrogens with zero attached hydrogens (tertiary/aromatic N) is 1. The highest BCUT2D eigenvalue weighted by Crippen LogP contribution is 2.38. The number of hydrogen-bond donors (Lipinski definition) is 2. The average molecular weight is 402 g/mol. The Kier molecular flexibility index (Phi) is 6.03. The van der Waals surface area contributed by atoms with Gasteiger partial charge in [0.1, 0.15) is 16.7 Å². The predicted octanol–water partition coefficient (Wildman–Crippen LogP) is 4.42. The smallest absolute Gasteiger partial charge is 0.316 e. The van der Waals surface area contributed by atoms with Gasteiger partial charge < -0.3 is 14.6 Å². The Hall–Kier alpha value is -2.51. The van der Waals surface area contributed by atoms with E-state index in [-0.39, 0.29) is 6.42 Å². The number of carboxylic acid groups (broad SMARTS) is 1. The van der Waals surface area contributed by atoms with E-state index in [1.54, 1.807) is 14.2 Å². The first-order valence-electron chi connectivity index (χ1n) is 8.21. The molecule has 0 aliphatic rings. The molecule has 0 saturated carbocycles. The first-order valence-corrected chi connectivity index (χ1v) is 9.54. The van der Waals surface area contributed by atoms with E-state index >= 15 is 0 Å². The second-order valence-electron chi connectivity index (χ2n) is 5.80. The van der Waals surface area contributed by atoms with Gasteiger partial charge >= 0.3 is 5.97 Å². The third kappa shape index (κ3) is 4.43. The zero-order valence-electron chi connectivity index (χ0n) is 14.9. The summed E-state index contributed by atoms with van der Waals surface area (Å²) in [7, 11) is 3.25. The van der Waals surface area contributed by atoms with Crippen LogP contribution in [0, 0.1) is 0 Å². The van der Waals surface area contributed by atoms with Crippen molar-refractivity contribution < 1.29 is 19.4 Å². The van der Waals surface area contributed by atoms with Crippen molar-refractivity contribution in [3.05, 3.63) is 53.5 Å². The van der Waals surface area contributed by atoms with Gasteiger partial charge in [-0.15, -0.1) is 11.3 Å². The summed E-state index contributed by atoms with van der Waals surface area (Å²) in [6.07, 6.45) is 0.266. The molecule has 0 fully saturated rings. The van der Waals surface area contributed by atoms with Gasteiger partial charge in [0.25, 0.3) is 0 Å². The first-order chi connectivity index (χ1) is 13.0. The van der Waals surface area contributed by atoms with Crippen LogP contribution in [0.5, 0.6) is 11.5 Å². The Morgan fingerprint density at radius 1 is 1.04 bits per heavy atom. The fourth-order valence-corrected chi connectivity index (χ4v) is 4.02. The number of thiazole rings is 1. The summed E-state index contributed by atoms with van der Waals surface area (Å²) in [5.41, 5.74) is 2.75. The number of carboxylic acids is 1. The predicted molar refractivity (Wildman–Crippen MR) is 110 cm³/mol. The van der Waals surface area contributed by atoms with E-state index in [1.165, 1.54) is 11.3 Å². The van der Waals surface area contributed by atoms with Gasteiger partial charge in [-0.2, -0.15) is 12.6 Å². The second-order valence-corrected chi connectivity index (χ2v) is 7.51. The van der Waals surface area contributed by atoms with Crippen molar-refractivity contribution in [2.45, 2.75) is 11.7 Å². The van der Waals surface area contributed by atoms with Crippen molar-refractivity contribution >= 4 is 29.9 Å². The Bertz CT molecular complexity index is 855. The summed E-state index contributed by atoms with van der Waals surface area (Å²) in [6.45, 7) is 0. The maximum absolute atomic E-state index is 11.1. The zero-order chi connectivity index (χ0) is 19.4. The van der Waals surface area contributed by atoms with E-state index in [1.807, 2.05) is 48.5 Å². The number of methoxy groups -OCH3 is 2. The average Bonchev–Trinajstić information content (AvgIpc) is 3.11. The topological polar surface area (TPSA) is 68.7 Å². The van der Waals surface area contributed by atoms with E-state index in [4.69, 9.17) is 19.6 Å². The Morgan fingerprint density at radius 3 is 2.04 bits per heavy atom. The molecular weight excluding hydrogens is 382 g/mol. The van der Waals surface area contributed by atoms with E-state index in [0.29, 0.717) is 0 Å². The molecule has 1 aromatic heterocycles. The first kappa shape index (κ1) is 19.3. The minimum absolute atomic E-state index is 0.266. The molecule has 0 saturated heterocycles. The molecule has 3 rings (SSSR count). The van der Waals surface area contributed by atoms with Crippen molar-refractivity contribution in [2.75, 3.05) is 14.2 Å². The lowest BCUT2D eigenvalue weighted by Crippen LogP contribution is -2.15. The van der Waals surface area contributed by atoms with Crippen molar-refractivity contribution in [3.63, 3.8) is 0 Å². The van der Waals surface area contributed by atoms with Gasteiger partial charge in [-0.1, -0.05) is 0 Å². The molecule has 7 heteroatoms. The van der Waals surface area contributed by atoms with E-state index in [9.17, 15) is 4.79 Å². The van der Waals surface area contributed by atoms with Gasteiger partial charge in [0, 0.05) is 12.0 Å². The van der Waals surface area contributed by atoms with Crippen LogP contribution in [0.1, 0.15) is 5.01 Å². The molecule has 1 heterocycles. The third-order valence-electron chi connectivity index (χ3n) is 4.04. The van der Waals surface area contributed by atoms with Crippen LogP contribution in [0.2, 0.25) is 0 Å². The molecule has 1 unspecified atom stereocenters. The molecule has 0 radical (unpaired) electrons. The van der Waals surface area contributed by atoms with Gasteiger partial charge in [-0.05, 0) is 54.1 Å². The number of benzene rings is 2. The molecular formula is C20H19NO4S2. The van der Waals surface area contributed by atoms with Gasteiger partial charge in [0.05, 0.1) is 29.8 Å². The van der Waals surface area contributed by atoms with Gasteiger partial charge in [-0.3, -0.25) is 4.79 Å². The highest BCUT2D eigenvalue weighted by Gasteiger charge is 2.20. The Morgan fingerprint density at radius 2 is 1.56 bits per heavy atom. The molecule has 3 aromatic rings. The SMILES string of the molecule is COc1ccc(-c2nc(CC(S)C(=O)O)sc2-c2ccc(OC)cc2)cc1. The molecule has 0 amide bonds. The maximum atomic E-state index is 11.1. The summed E-state index contributed by atoms with van der Waals surface area (Å²) in [5, 5.41) is 9.08. The lowest BCUT2D eigenvalue weighted by molar-refractivity contribution is -0.136. The summed E-state index contributed by atoms with van der Waals surface area (Å²) in [4.78, 5) is 16.8. The second kappa shape index (κ2) is 8.45. The van der Waals surface area contributed by atoms with Crippen molar-refractivity contribution in [3.8, 4) is 33.2 Å². The van der Waals surface area contributed by atoms with Crippen molar-refractivity contribution in [1.29, 1.82) is 0 Å². The molecule has 1 atom stereocenters. The summed E-state index contributed by atoms with van der Waals surface area (Å²) in [6, 6.07) is 15.4. The normalized spacial score (nSPS) is 11.8. The fourth-order valence-electron chi connectivity index (χ4n) is 2.59. The van der Waals surface area contributed by atoms with Crippen molar-refractivity contribution in [2.24, 2.45) is 0 Å².